The summed E-state index contributed by atoms with van der Waals surface area (Å²) in [6.45, 7) is 3.91. The van der Waals surface area contributed by atoms with E-state index in [1.54, 1.807) is 6.20 Å². The average Bonchev–Trinajstić information content (AvgIpc) is 2.56. The molecule has 0 aliphatic carbocycles. The van der Waals surface area contributed by atoms with Gasteiger partial charge in [-0.3, -0.25) is 4.79 Å². The molecule has 0 aliphatic rings. The number of alkyl halides is 3. The van der Waals surface area contributed by atoms with Crippen molar-refractivity contribution < 1.29 is 23.1 Å². The van der Waals surface area contributed by atoms with Gasteiger partial charge in [-0.05, 0) is 53.8 Å². The molecule has 9 heteroatoms. The van der Waals surface area contributed by atoms with E-state index in [-0.39, 0.29) is 33.8 Å². The van der Waals surface area contributed by atoms with E-state index in [9.17, 15) is 23.1 Å². The molecule has 0 saturated heterocycles. The average molecular weight is 402 g/mol. The Hall–Kier alpha value is -1.87. The van der Waals surface area contributed by atoms with Crippen LogP contribution in [0.25, 0.3) is 0 Å². The Morgan fingerprint density at radius 1 is 1.27 bits per heavy atom. The Morgan fingerprint density at radius 3 is 2.62 bits per heavy atom. The van der Waals surface area contributed by atoms with Gasteiger partial charge in [0, 0.05) is 16.0 Å². The van der Waals surface area contributed by atoms with Crippen molar-refractivity contribution in [1.29, 1.82) is 0 Å². The van der Waals surface area contributed by atoms with E-state index in [1.807, 2.05) is 19.9 Å². The number of rotatable bonds is 6. The number of nitrogens with one attached hydrogen (secondary N) is 1. The van der Waals surface area contributed by atoms with E-state index in [0.717, 1.165) is 35.9 Å². The summed E-state index contributed by atoms with van der Waals surface area (Å²) < 4.78 is 37.5. The monoisotopic (exact) mass is 402 g/mol. The summed E-state index contributed by atoms with van der Waals surface area (Å²) in [6, 6.07) is 5.19. The summed E-state index contributed by atoms with van der Waals surface area (Å²) in [5.41, 5.74) is -3.41. The van der Waals surface area contributed by atoms with Crippen LogP contribution in [0.15, 0.2) is 40.3 Å². The third kappa shape index (κ3) is 5.57. The zero-order chi connectivity index (χ0) is 19.3. The number of halogens is 3. The van der Waals surface area contributed by atoms with Crippen LogP contribution >= 0.6 is 23.5 Å². The number of carbonyl (C=O) groups is 1. The molecule has 2 N–H and O–H groups in total. The first-order valence-electron chi connectivity index (χ1n) is 7.75. The number of hydrogen-bond acceptors (Lipinski definition) is 5. The zero-order valence-electron chi connectivity index (χ0n) is 14.1. The van der Waals surface area contributed by atoms with Crippen LogP contribution in [0.2, 0.25) is 0 Å². The van der Waals surface area contributed by atoms with E-state index in [4.69, 9.17) is 0 Å². The Morgan fingerprint density at radius 2 is 2.00 bits per heavy atom. The second-order valence-electron chi connectivity index (χ2n) is 5.16. The van der Waals surface area contributed by atoms with Crippen molar-refractivity contribution in [2.75, 3.05) is 11.1 Å². The van der Waals surface area contributed by atoms with Crippen LogP contribution in [0.3, 0.4) is 0 Å². The van der Waals surface area contributed by atoms with E-state index in [0.29, 0.717) is 4.90 Å². The fourth-order valence-corrected chi connectivity index (χ4v) is 3.52. The van der Waals surface area contributed by atoms with Crippen molar-refractivity contribution in [1.82, 2.24) is 4.98 Å². The van der Waals surface area contributed by atoms with Gasteiger partial charge in [-0.2, -0.15) is 13.2 Å². The third-order valence-corrected chi connectivity index (χ3v) is 4.91. The van der Waals surface area contributed by atoms with Crippen molar-refractivity contribution in [2.45, 2.75) is 35.6 Å². The first kappa shape index (κ1) is 20.4. The molecular weight excluding hydrogens is 385 g/mol. The van der Waals surface area contributed by atoms with Crippen molar-refractivity contribution in [3.63, 3.8) is 0 Å². The van der Waals surface area contributed by atoms with Crippen molar-refractivity contribution >= 4 is 35.1 Å². The number of anilines is 1. The van der Waals surface area contributed by atoms with Crippen LogP contribution < -0.4 is 5.32 Å². The van der Waals surface area contributed by atoms with E-state index in [2.05, 4.69) is 10.3 Å². The highest BCUT2D eigenvalue weighted by atomic mass is 32.2. The van der Waals surface area contributed by atoms with E-state index in [1.165, 1.54) is 11.8 Å². The van der Waals surface area contributed by atoms with Crippen molar-refractivity contribution in [3.05, 3.63) is 41.7 Å². The molecule has 1 amide bonds. The lowest BCUT2D eigenvalue weighted by molar-refractivity contribution is -0.0328. The molecule has 0 aliphatic heterocycles. The van der Waals surface area contributed by atoms with Gasteiger partial charge in [0.25, 0.3) is 5.91 Å². The highest BCUT2D eigenvalue weighted by Crippen LogP contribution is 2.39. The molecule has 1 aromatic heterocycles. The first-order chi connectivity index (χ1) is 12.2. The lowest BCUT2D eigenvalue weighted by Gasteiger charge is -2.12. The molecule has 4 nitrogen and oxygen atoms in total. The molecule has 2 aromatic rings. The molecule has 0 atom stereocenters. The molecular formula is C17H17F3N2O2S2. The lowest BCUT2D eigenvalue weighted by atomic mass is 10.2. The molecule has 140 valence electrons. The van der Waals surface area contributed by atoms with Crippen LogP contribution in [0.1, 0.15) is 29.9 Å². The number of aromatic hydroxyl groups is 1. The number of phenolic OH excluding ortho intramolecular Hbond substituents is 1. The normalized spacial score (nSPS) is 11.4. The SMILES string of the molecule is CCSc1cc(CC)cnc1C(=O)Nc1cc(SC(F)(F)F)ccc1O. The number of aryl methyl sites for hydroxylation is 1. The Bertz CT molecular complexity index is 798. The van der Waals surface area contributed by atoms with Crippen LogP contribution in [0, 0.1) is 0 Å². The van der Waals surface area contributed by atoms with Gasteiger partial charge in [0.2, 0.25) is 0 Å². The maximum atomic E-state index is 12.5. The Labute approximate surface area is 157 Å². The maximum absolute atomic E-state index is 12.5. The number of pyridine rings is 1. The molecule has 2 rings (SSSR count). The van der Waals surface area contributed by atoms with Gasteiger partial charge < -0.3 is 10.4 Å². The Kier molecular flexibility index (Phi) is 6.82. The van der Waals surface area contributed by atoms with Crippen LogP contribution in [0.5, 0.6) is 5.75 Å². The minimum atomic E-state index is -4.46. The second-order valence-corrected chi connectivity index (χ2v) is 7.60. The van der Waals surface area contributed by atoms with Crippen LogP contribution in [-0.4, -0.2) is 27.3 Å². The largest absolute Gasteiger partial charge is 0.506 e. The van der Waals surface area contributed by atoms with Gasteiger partial charge in [0.1, 0.15) is 11.4 Å². The zero-order valence-corrected chi connectivity index (χ0v) is 15.7. The van der Waals surface area contributed by atoms with Crippen LogP contribution in [-0.2, 0) is 6.42 Å². The fraction of sp³-hybridized carbons (Fsp3) is 0.294. The number of hydrogen-bond donors (Lipinski definition) is 2. The number of carbonyl (C=O) groups excluding carboxylic acids is 1. The molecule has 0 spiro atoms. The number of phenols is 1. The van der Waals surface area contributed by atoms with Crippen LogP contribution in [0.4, 0.5) is 18.9 Å². The predicted molar refractivity (Wildman–Crippen MR) is 98.0 cm³/mol. The summed E-state index contributed by atoms with van der Waals surface area (Å²) in [5.74, 6) is -0.175. The fourth-order valence-electron chi connectivity index (χ4n) is 2.11. The third-order valence-electron chi connectivity index (χ3n) is 3.28. The van der Waals surface area contributed by atoms with Gasteiger partial charge in [-0.1, -0.05) is 13.8 Å². The molecule has 0 radical (unpaired) electrons. The number of benzene rings is 1. The first-order valence-corrected chi connectivity index (χ1v) is 9.55. The molecule has 0 saturated carbocycles. The number of thioether (sulfide) groups is 2. The maximum Gasteiger partial charge on any atom is 0.446 e. The van der Waals surface area contributed by atoms with Gasteiger partial charge in [-0.25, -0.2) is 4.98 Å². The summed E-state index contributed by atoms with van der Waals surface area (Å²) in [5, 5.41) is 12.3. The minimum Gasteiger partial charge on any atom is -0.506 e. The second kappa shape index (κ2) is 8.68. The summed E-state index contributed by atoms with van der Waals surface area (Å²) in [6.07, 6.45) is 2.36. The number of aromatic nitrogens is 1. The predicted octanol–water partition coefficient (Wildman–Crippen LogP) is 5.33. The topological polar surface area (TPSA) is 62.2 Å². The van der Waals surface area contributed by atoms with Crippen molar-refractivity contribution in [3.8, 4) is 5.75 Å². The Balaban J connectivity index is 2.28. The smallest absolute Gasteiger partial charge is 0.446 e. The van der Waals surface area contributed by atoms with E-state index < -0.39 is 11.4 Å². The van der Waals surface area contributed by atoms with E-state index >= 15 is 0 Å². The minimum absolute atomic E-state index is 0.0990. The molecule has 0 unspecified atom stereocenters. The summed E-state index contributed by atoms with van der Waals surface area (Å²) in [4.78, 5) is 17.3. The molecule has 1 aromatic carbocycles. The van der Waals surface area contributed by atoms with Gasteiger partial charge in [-0.15, -0.1) is 11.8 Å². The van der Waals surface area contributed by atoms with Crippen molar-refractivity contribution in [2.24, 2.45) is 0 Å². The molecule has 0 bridgehead atoms. The number of amides is 1. The molecule has 0 fully saturated rings. The number of nitrogens with zero attached hydrogens (tertiary/aromatic N) is 1. The lowest BCUT2D eigenvalue weighted by Crippen LogP contribution is -2.15. The summed E-state index contributed by atoms with van der Waals surface area (Å²) in [7, 11) is 0. The standard InChI is InChI=1S/C17H17F3N2O2S2/c1-3-10-7-14(25-4-2)15(21-9-10)16(24)22-12-8-11(5-6-13(12)23)26-17(18,19)20/h5-9,23H,3-4H2,1-2H3,(H,22,24). The van der Waals surface area contributed by atoms with Gasteiger partial charge >= 0.3 is 5.51 Å². The molecule has 26 heavy (non-hydrogen) atoms. The quantitative estimate of drug-likeness (QED) is 0.505. The molecule has 1 heterocycles. The summed E-state index contributed by atoms with van der Waals surface area (Å²) >= 11 is 1.13. The van der Waals surface area contributed by atoms with Gasteiger partial charge in [0.15, 0.2) is 0 Å². The highest BCUT2D eigenvalue weighted by molar-refractivity contribution is 8.00. The highest BCUT2D eigenvalue weighted by Gasteiger charge is 2.29. The van der Waals surface area contributed by atoms with Gasteiger partial charge in [0.05, 0.1) is 5.69 Å².